The molecule has 1 N–H and O–H groups in total. The maximum absolute atomic E-state index is 13.6. The first kappa shape index (κ1) is 17.1. The second kappa shape index (κ2) is 6.90. The van der Waals surface area contributed by atoms with E-state index in [1.165, 1.54) is 4.90 Å². The van der Waals surface area contributed by atoms with Crippen molar-refractivity contribution in [2.24, 2.45) is 0 Å². The van der Waals surface area contributed by atoms with Crippen LogP contribution in [0.15, 0.2) is 12.1 Å². The van der Waals surface area contributed by atoms with Gasteiger partial charge in [-0.1, -0.05) is 19.3 Å². The molecular formula is C16H18F3N3O. The number of hydrogen-bond acceptors (Lipinski definition) is 3. The average Bonchev–Trinajstić information content (AvgIpc) is 2.58. The van der Waals surface area contributed by atoms with E-state index in [1.54, 1.807) is 7.05 Å². The lowest BCUT2D eigenvalue weighted by Gasteiger charge is -2.39. The largest absolute Gasteiger partial charge is 0.374 e. The Labute approximate surface area is 132 Å². The number of amides is 1. The summed E-state index contributed by atoms with van der Waals surface area (Å²) in [5, 5.41) is 11.9. The molecule has 0 unspecified atom stereocenters. The molecule has 23 heavy (non-hydrogen) atoms. The van der Waals surface area contributed by atoms with Crippen molar-refractivity contribution >= 4 is 11.6 Å². The summed E-state index contributed by atoms with van der Waals surface area (Å²) in [5.74, 6) is -4.65. The minimum Gasteiger partial charge on any atom is -0.374 e. The van der Waals surface area contributed by atoms with Crippen molar-refractivity contribution in [1.29, 1.82) is 5.26 Å². The van der Waals surface area contributed by atoms with E-state index in [-0.39, 0.29) is 12.2 Å². The molecule has 1 aliphatic rings. The molecule has 0 aliphatic heterocycles. The second-order valence-corrected chi connectivity index (χ2v) is 5.73. The predicted octanol–water partition coefficient (Wildman–Crippen LogP) is 3.20. The normalized spacial score (nSPS) is 16.5. The van der Waals surface area contributed by atoms with E-state index >= 15 is 0 Å². The van der Waals surface area contributed by atoms with Crippen LogP contribution in [0, 0.1) is 28.8 Å². The van der Waals surface area contributed by atoms with Gasteiger partial charge in [-0.05, 0) is 25.0 Å². The van der Waals surface area contributed by atoms with Gasteiger partial charge in [0.2, 0.25) is 5.91 Å². The van der Waals surface area contributed by atoms with Crippen molar-refractivity contribution < 1.29 is 18.0 Å². The number of nitrogens with one attached hydrogen (secondary N) is 1. The van der Waals surface area contributed by atoms with Gasteiger partial charge in [0.15, 0.2) is 17.5 Å². The summed E-state index contributed by atoms with van der Waals surface area (Å²) in [6, 6.07) is 4.03. The molecule has 124 valence electrons. The van der Waals surface area contributed by atoms with Gasteiger partial charge >= 0.3 is 0 Å². The fraction of sp³-hybridized carbons (Fsp3) is 0.500. The average molecular weight is 325 g/mol. The van der Waals surface area contributed by atoms with Crippen LogP contribution in [0.5, 0.6) is 0 Å². The predicted molar refractivity (Wildman–Crippen MR) is 79.0 cm³/mol. The van der Waals surface area contributed by atoms with Gasteiger partial charge in [0, 0.05) is 7.05 Å². The van der Waals surface area contributed by atoms with Crippen molar-refractivity contribution in [2.45, 2.75) is 37.6 Å². The number of halogens is 3. The Morgan fingerprint density at radius 2 is 1.91 bits per heavy atom. The molecule has 1 aliphatic carbocycles. The van der Waals surface area contributed by atoms with E-state index in [1.807, 2.05) is 0 Å². The highest BCUT2D eigenvalue weighted by atomic mass is 19.2. The fourth-order valence-corrected chi connectivity index (χ4v) is 2.85. The SMILES string of the molecule is CN(C(=O)CNc1ccc(F)c(F)c1F)C1(C#N)CCCCC1. The molecule has 1 aromatic carbocycles. The zero-order valence-corrected chi connectivity index (χ0v) is 12.8. The van der Waals surface area contributed by atoms with Crippen LogP contribution < -0.4 is 5.32 Å². The molecule has 1 saturated carbocycles. The Bertz CT molecular complexity index is 636. The van der Waals surface area contributed by atoms with Crippen LogP contribution in [0.1, 0.15) is 32.1 Å². The summed E-state index contributed by atoms with van der Waals surface area (Å²) in [4.78, 5) is 13.6. The summed E-state index contributed by atoms with van der Waals surface area (Å²) >= 11 is 0. The molecule has 1 aromatic rings. The Kier molecular flexibility index (Phi) is 5.14. The molecular weight excluding hydrogens is 307 g/mol. The van der Waals surface area contributed by atoms with Crippen molar-refractivity contribution in [1.82, 2.24) is 4.90 Å². The number of rotatable bonds is 4. The first-order chi connectivity index (χ1) is 10.9. The van der Waals surface area contributed by atoms with Crippen LogP contribution >= 0.6 is 0 Å². The van der Waals surface area contributed by atoms with Gasteiger partial charge < -0.3 is 10.2 Å². The van der Waals surface area contributed by atoms with Gasteiger partial charge in [-0.3, -0.25) is 4.79 Å². The molecule has 0 aromatic heterocycles. The number of nitriles is 1. The molecule has 2 rings (SSSR count). The van der Waals surface area contributed by atoms with E-state index in [4.69, 9.17) is 0 Å². The van der Waals surface area contributed by atoms with Crippen LogP contribution in [-0.2, 0) is 4.79 Å². The molecule has 0 spiro atoms. The Morgan fingerprint density at radius 3 is 2.52 bits per heavy atom. The molecule has 1 amide bonds. The van der Waals surface area contributed by atoms with Crippen LogP contribution in [0.2, 0.25) is 0 Å². The smallest absolute Gasteiger partial charge is 0.242 e. The van der Waals surface area contributed by atoms with E-state index in [0.29, 0.717) is 12.8 Å². The third-order valence-electron chi connectivity index (χ3n) is 4.37. The van der Waals surface area contributed by atoms with Crippen molar-refractivity contribution in [3.05, 3.63) is 29.6 Å². The standard InChI is InChI=1S/C16H18F3N3O/c1-22(16(10-20)7-3-2-4-8-16)13(23)9-21-12-6-5-11(17)14(18)15(12)19/h5-6,21H,2-4,7-9H2,1H3. The molecule has 0 radical (unpaired) electrons. The molecule has 0 heterocycles. The maximum atomic E-state index is 13.6. The third kappa shape index (κ3) is 3.41. The highest BCUT2D eigenvalue weighted by molar-refractivity contribution is 5.81. The number of carbonyl (C=O) groups is 1. The number of benzene rings is 1. The van der Waals surface area contributed by atoms with Crippen LogP contribution in [0.3, 0.4) is 0 Å². The summed E-state index contributed by atoms with van der Waals surface area (Å²) in [5.41, 5.74) is -1.14. The second-order valence-electron chi connectivity index (χ2n) is 5.73. The number of anilines is 1. The van der Waals surface area contributed by atoms with Crippen molar-refractivity contribution in [2.75, 3.05) is 18.9 Å². The van der Waals surface area contributed by atoms with E-state index in [2.05, 4.69) is 11.4 Å². The Hall–Kier alpha value is -2.23. The highest BCUT2D eigenvalue weighted by Crippen LogP contribution is 2.32. The lowest BCUT2D eigenvalue weighted by Crippen LogP contribution is -2.51. The highest BCUT2D eigenvalue weighted by Gasteiger charge is 2.38. The van der Waals surface area contributed by atoms with Crippen molar-refractivity contribution in [3.8, 4) is 6.07 Å². The van der Waals surface area contributed by atoms with Gasteiger partial charge in [0.25, 0.3) is 0 Å². The van der Waals surface area contributed by atoms with E-state index in [0.717, 1.165) is 31.4 Å². The lowest BCUT2D eigenvalue weighted by atomic mass is 9.81. The molecule has 0 atom stereocenters. The summed E-state index contributed by atoms with van der Waals surface area (Å²) < 4.78 is 39.6. The summed E-state index contributed by atoms with van der Waals surface area (Å²) in [7, 11) is 1.54. The molecule has 0 bridgehead atoms. The van der Waals surface area contributed by atoms with Gasteiger partial charge in [0.05, 0.1) is 18.3 Å². The quantitative estimate of drug-likeness (QED) is 0.865. The monoisotopic (exact) mass is 325 g/mol. The van der Waals surface area contributed by atoms with E-state index < -0.39 is 28.9 Å². The number of carbonyl (C=O) groups excluding carboxylic acids is 1. The Morgan fingerprint density at radius 1 is 1.26 bits per heavy atom. The van der Waals surface area contributed by atoms with Gasteiger partial charge in [0.1, 0.15) is 5.54 Å². The third-order valence-corrected chi connectivity index (χ3v) is 4.37. The van der Waals surface area contributed by atoms with Gasteiger partial charge in [-0.25, -0.2) is 13.2 Å². The number of likely N-dealkylation sites (N-methyl/N-ethyl adjacent to an activating group) is 1. The zero-order valence-electron chi connectivity index (χ0n) is 12.8. The number of nitrogens with zero attached hydrogens (tertiary/aromatic N) is 2. The molecule has 0 saturated heterocycles. The van der Waals surface area contributed by atoms with E-state index in [9.17, 15) is 23.2 Å². The van der Waals surface area contributed by atoms with Crippen molar-refractivity contribution in [3.63, 3.8) is 0 Å². The van der Waals surface area contributed by atoms with Crippen LogP contribution in [0.4, 0.5) is 18.9 Å². The molecule has 7 heteroatoms. The van der Waals surface area contributed by atoms with Gasteiger partial charge in [-0.15, -0.1) is 0 Å². The minimum atomic E-state index is -1.59. The van der Waals surface area contributed by atoms with Crippen LogP contribution in [0.25, 0.3) is 0 Å². The Balaban J connectivity index is 2.05. The summed E-state index contributed by atoms with van der Waals surface area (Å²) in [6.07, 6.45) is 3.98. The topological polar surface area (TPSA) is 56.1 Å². The maximum Gasteiger partial charge on any atom is 0.242 e. The van der Waals surface area contributed by atoms with Gasteiger partial charge in [-0.2, -0.15) is 5.26 Å². The molecule has 1 fully saturated rings. The zero-order chi connectivity index (χ0) is 17.0. The van der Waals surface area contributed by atoms with Crippen LogP contribution in [-0.4, -0.2) is 29.9 Å². The lowest BCUT2D eigenvalue weighted by molar-refractivity contribution is -0.132. The first-order valence-corrected chi connectivity index (χ1v) is 7.46. The number of hydrogen-bond donors (Lipinski definition) is 1. The molecule has 4 nitrogen and oxygen atoms in total. The first-order valence-electron chi connectivity index (χ1n) is 7.46. The summed E-state index contributed by atoms with van der Waals surface area (Å²) in [6.45, 7) is -0.304. The minimum absolute atomic E-state index is 0.291. The fourth-order valence-electron chi connectivity index (χ4n) is 2.85.